The van der Waals surface area contributed by atoms with Crippen LogP contribution in [0.4, 0.5) is 0 Å². The number of esters is 1. The van der Waals surface area contributed by atoms with Gasteiger partial charge in [-0.25, -0.2) is 0 Å². The molecule has 116 valence electrons. The molecule has 1 saturated carbocycles. The van der Waals surface area contributed by atoms with Crippen molar-refractivity contribution in [3.8, 4) is 0 Å². The van der Waals surface area contributed by atoms with E-state index < -0.39 is 5.54 Å². The van der Waals surface area contributed by atoms with Crippen LogP contribution in [-0.4, -0.2) is 47.7 Å². The highest BCUT2D eigenvalue weighted by atomic mass is 16.5. The van der Waals surface area contributed by atoms with Crippen molar-refractivity contribution in [2.24, 2.45) is 5.92 Å². The first-order valence-electron chi connectivity index (χ1n) is 7.41. The normalized spacial score (nSPS) is 16.8. The van der Waals surface area contributed by atoms with Crippen molar-refractivity contribution in [3.05, 3.63) is 0 Å². The van der Waals surface area contributed by atoms with E-state index in [2.05, 4.69) is 4.74 Å². The molecule has 0 atom stereocenters. The lowest BCUT2D eigenvalue weighted by molar-refractivity contribution is -0.147. The number of hydrogen-bond donors (Lipinski definition) is 1. The maximum absolute atomic E-state index is 12.7. The molecule has 0 unspecified atom stereocenters. The van der Waals surface area contributed by atoms with Gasteiger partial charge in [-0.15, -0.1) is 0 Å². The fourth-order valence-electron chi connectivity index (χ4n) is 2.67. The molecule has 0 aromatic carbocycles. The smallest absolute Gasteiger partial charge is 0.307 e. The highest BCUT2D eigenvalue weighted by molar-refractivity contribution is 5.80. The highest BCUT2D eigenvalue weighted by Crippen LogP contribution is 2.28. The summed E-state index contributed by atoms with van der Waals surface area (Å²) in [6, 6.07) is 0. The van der Waals surface area contributed by atoms with E-state index in [4.69, 9.17) is 0 Å². The van der Waals surface area contributed by atoms with Gasteiger partial charge in [-0.1, -0.05) is 19.3 Å². The Bertz CT molecular complexity index is 335. The van der Waals surface area contributed by atoms with Gasteiger partial charge in [0.1, 0.15) is 0 Å². The lowest BCUT2D eigenvalue weighted by atomic mass is 9.87. The third-order valence-electron chi connectivity index (χ3n) is 4.11. The molecule has 1 aliphatic rings. The van der Waals surface area contributed by atoms with Crippen molar-refractivity contribution in [1.82, 2.24) is 4.90 Å². The van der Waals surface area contributed by atoms with Gasteiger partial charge in [-0.05, 0) is 26.7 Å². The summed E-state index contributed by atoms with van der Waals surface area (Å²) in [5.41, 5.74) is -0.650. The molecule has 0 bridgehead atoms. The van der Waals surface area contributed by atoms with E-state index in [1.54, 1.807) is 4.90 Å². The summed E-state index contributed by atoms with van der Waals surface area (Å²) in [6.45, 7) is 3.83. The van der Waals surface area contributed by atoms with E-state index in [1.165, 1.54) is 13.5 Å². The molecule has 0 aliphatic heterocycles. The predicted octanol–water partition coefficient (Wildman–Crippen LogP) is 1.73. The fraction of sp³-hybridized carbons (Fsp3) is 0.867. The molecule has 1 rings (SSSR count). The average Bonchev–Trinajstić information content (AvgIpc) is 2.47. The van der Waals surface area contributed by atoms with Gasteiger partial charge >= 0.3 is 5.97 Å². The van der Waals surface area contributed by atoms with Crippen molar-refractivity contribution in [3.63, 3.8) is 0 Å². The van der Waals surface area contributed by atoms with E-state index in [1.807, 2.05) is 13.8 Å². The summed E-state index contributed by atoms with van der Waals surface area (Å²) < 4.78 is 4.63. The van der Waals surface area contributed by atoms with Crippen LogP contribution in [0.1, 0.15) is 52.4 Å². The molecule has 1 aliphatic carbocycles. The minimum atomic E-state index is -0.650. The van der Waals surface area contributed by atoms with Crippen molar-refractivity contribution in [1.29, 1.82) is 0 Å². The Morgan fingerprint density at radius 2 is 1.85 bits per heavy atom. The molecule has 0 radical (unpaired) electrons. The summed E-state index contributed by atoms with van der Waals surface area (Å²) in [6.07, 6.45) is 5.35. The molecule has 0 aromatic heterocycles. The molecule has 0 heterocycles. The Morgan fingerprint density at radius 3 is 2.35 bits per heavy atom. The Balaban J connectivity index is 2.75. The van der Waals surface area contributed by atoms with E-state index in [-0.39, 0.29) is 30.8 Å². The van der Waals surface area contributed by atoms with Crippen LogP contribution in [0, 0.1) is 5.92 Å². The van der Waals surface area contributed by atoms with Crippen LogP contribution in [0.2, 0.25) is 0 Å². The van der Waals surface area contributed by atoms with Crippen molar-refractivity contribution >= 4 is 11.9 Å². The molecule has 5 nitrogen and oxygen atoms in total. The zero-order chi connectivity index (χ0) is 15.2. The van der Waals surface area contributed by atoms with Crippen LogP contribution in [0.15, 0.2) is 0 Å². The number of hydrogen-bond acceptors (Lipinski definition) is 4. The van der Waals surface area contributed by atoms with Crippen molar-refractivity contribution in [2.45, 2.75) is 57.9 Å². The number of amides is 1. The third kappa shape index (κ3) is 4.47. The monoisotopic (exact) mass is 285 g/mol. The molecule has 1 fully saturated rings. The Hall–Kier alpha value is -1.10. The van der Waals surface area contributed by atoms with E-state index in [0.717, 1.165) is 25.7 Å². The van der Waals surface area contributed by atoms with Gasteiger partial charge < -0.3 is 14.7 Å². The Kier molecular flexibility index (Phi) is 6.46. The molecular weight excluding hydrogens is 258 g/mol. The Labute approximate surface area is 121 Å². The predicted molar refractivity (Wildman–Crippen MR) is 76.1 cm³/mol. The largest absolute Gasteiger partial charge is 0.469 e. The molecule has 0 aromatic rings. The molecule has 20 heavy (non-hydrogen) atoms. The summed E-state index contributed by atoms with van der Waals surface area (Å²) in [5.74, 6) is -0.236. The number of aliphatic hydroxyl groups excluding tert-OH is 1. The second kappa shape index (κ2) is 7.62. The molecule has 5 heteroatoms. The average molecular weight is 285 g/mol. The number of carbonyl (C=O) groups excluding carboxylic acids is 2. The zero-order valence-corrected chi connectivity index (χ0v) is 12.9. The molecule has 1 amide bonds. The lowest BCUT2D eigenvalue weighted by Gasteiger charge is -2.40. The SMILES string of the molecule is COC(=O)CCN(C(=O)C1CCCCC1)C(C)(C)CO. The number of nitrogens with zero attached hydrogens (tertiary/aromatic N) is 1. The van der Waals surface area contributed by atoms with Crippen LogP contribution < -0.4 is 0 Å². The third-order valence-corrected chi connectivity index (χ3v) is 4.11. The van der Waals surface area contributed by atoms with Crippen LogP contribution in [0.3, 0.4) is 0 Å². The lowest BCUT2D eigenvalue weighted by Crippen LogP contribution is -2.53. The fourth-order valence-corrected chi connectivity index (χ4v) is 2.67. The molecule has 0 spiro atoms. The van der Waals surface area contributed by atoms with Crippen molar-refractivity contribution < 1.29 is 19.4 Å². The van der Waals surface area contributed by atoms with Gasteiger partial charge in [0.2, 0.25) is 5.91 Å². The second-order valence-corrected chi connectivity index (χ2v) is 6.12. The standard InChI is InChI=1S/C15H27NO4/c1-15(2,11-17)16(10-9-13(18)20-3)14(19)12-7-5-4-6-8-12/h12,17H,4-11H2,1-3H3. The van der Waals surface area contributed by atoms with E-state index in [0.29, 0.717) is 6.54 Å². The molecule has 1 N–H and O–H groups in total. The van der Waals surface area contributed by atoms with Crippen molar-refractivity contribution in [2.75, 3.05) is 20.3 Å². The molecule has 0 saturated heterocycles. The quantitative estimate of drug-likeness (QED) is 0.755. The van der Waals surface area contributed by atoms with Gasteiger partial charge in [0.15, 0.2) is 0 Å². The van der Waals surface area contributed by atoms with E-state index in [9.17, 15) is 14.7 Å². The number of aliphatic hydroxyl groups is 1. The van der Waals surface area contributed by atoms with Gasteiger partial charge in [0.25, 0.3) is 0 Å². The number of ether oxygens (including phenoxy) is 1. The minimum absolute atomic E-state index is 0.0345. The van der Waals surface area contributed by atoms with Crippen LogP contribution >= 0.6 is 0 Å². The second-order valence-electron chi connectivity index (χ2n) is 6.12. The first-order valence-corrected chi connectivity index (χ1v) is 7.41. The van der Waals surface area contributed by atoms with Crippen LogP contribution in [0.5, 0.6) is 0 Å². The first-order chi connectivity index (χ1) is 9.42. The maximum Gasteiger partial charge on any atom is 0.307 e. The van der Waals surface area contributed by atoms with Gasteiger partial charge in [-0.3, -0.25) is 9.59 Å². The number of methoxy groups -OCH3 is 1. The summed E-state index contributed by atoms with van der Waals surface area (Å²) in [5, 5.41) is 9.52. The maximum atomic E-state index is 12.7. The summed E-state index contributed by atoms with van der Waals surface area (Å²) in [4.78, 5) is 25.6. The molecular formula is C15H27NO4. The topological polar surface area (TPSA) is 66.8 Å². The van der Waals surface area contributed by atoms with Crippen LogP contribution in [0.25, 0.3) is 0 Å². The Morgan fingerprint density at radius 1 is 1.25 bits per heavy atom. The minimum Gasteiger partial charge on any atom is -0.469 e. The van der Waals surface area contributed by atoms with Gasteiger partial charge in [-0.2, -0.15) is 0 Å². The summed E-state index contributed by atoms with van der Waals surface area (Å²) in [7, 11) is 1.34. The number of carbonyl (C=O) groups is 2. The highest BCUT2D eigenvalue weighted by Gasteiger charge is 2.34. The number of rotatable bonds is 6. The van der Waals surface area contributed by atoms with Gasteiger partial charge in [0.05, 0.1) is 25.7 Å². The van der Waals surface area contributed by atoms with E-state index >= 15 is 0 Å². The first kappa shape index (κ1) is 17.0. The summed E-state index contributed by atoms with van der Waals surface area (Å²) >= 11 is 0. The van der Waals surface area contributed by atoms with Gasteiger partial charge in [0, 0.05) is 12.5 Å². The van der Waals surface area contributed by atoms with Crippen LogP contribution in [-0.2, 0) is 14.3 Å². The zero-order valence-electron chi connectivity index (χ0n) is 12.9.